The van der Waals surface area contributed by atoms with Crippen LogP contribution in [-0.4, -0.2) is 32.3 Å². The minimum atomic E-state index is 0.775. The van der Waals surface area contributed by atoms with Crippen LogP contribution in [0.25, 0.3) is 0 Å². The minimum Gasteiger partial charge on any atom is -0.330 e. The fourth-order valence-electron chi connectivity index (χ4n) is 0.570. The maximum absolute atomic E-state index is 5.30. The molecule has 3 nitrogen and oxygen atoms in total. The number of rotatable bonds is 5. The van der Waals surface area contributed by atoms with E-state index in [9.17, 15) is 0 Å². The monoisotopic (exact) mass is 132 g/mol. The fourth-order valence-corrected chi connectivity index (χ4v) is 0.570. The number of hydrogen-bond acceptors (Lipinski definition) is 3. The normalized spacial score (nSPS) is 10.7. The first-order valence-electron chi connectivity index (χ1n) is 3.26. The Hall–Kier alpha value is -0.120. The summed E-state index contributed by atoms with van der Waals surface area (Å²) in [5, 5.41) is 1.80. The van der Waals surface area contributed by atoms with Crippen LogP contribution in [0.2, 0.25) is 0 Å². The lowest BCUT2D eigenvalue weighted by molar-refractivity contribution is -0.109. The highest BCUT2D eigenvalue weighted by Gasteiger charge is 1.91. The molecule has 0 aliphatic heterocycles. The lowest BCUT2D eigenvalue weighted by Crippen LogP contribution is -2.18. The van der Waals surface area contributed by atoms with Gasteiger partial charge in [-0.3, -0.25) is 0 Å². The predicted octanol–water partition coefficient (Wildman–Crippen LogP) is 0.219. The van der Waals surface area contributed by atoms with Crippen LogP contribution < -0.4 is 5.73 Å². The number of nitrogens with two attached hydrogens (primary N) is 1. The van der Waals surface area contributed by atoms with Gasteiger partial charge >= 0.3 is 0 Å². The van der Waals surface area contributed by atoms with Crippen LogP contribution in [-0.2, 0) is 4.84 Å². The highest BCUT2D eigenvalue weighted by Crippen LogP contribution is 1.89. The van der Waals surface area contributed by atoms with Crippen molar-refractivity contribution in [2.75, 3.05) is 27.2 Å². The van der Waals surface area contributed by atoms with Crippen LogP contribution in [0.1, 0.15) is 12.8 Å². The number of hydroxylamine groups is 2. The molecule has 0 radical (unpaired) electrons. The quantitative estimate of drug-likeness (QED) is 0.429. The van der Waals surface area contributed by atoms with Gasteiger partial charge in [-0.25, -0.2) is 0 Å². The second-order valence-corrected chi connectivity index (χ2v) is 2.03. The van der Waals surface area contributed by atoms with E-state index in [1.165, 1.54) is 0 Å². The molecule has 0 amide bonds. The van der Waals surface area contributed by atoms with E-state index >= 15 is 0 Å². The molecule has 0 aromatic rings. The summed E-state index contributed by atoms with van der Waals surface area (Å²) in [5.74, 6) is 0. The molecule has 0 aromatic heterocycles. The molecule has 0 saturated heterocycles. The van der Waals surface area contributed by atoms with Crippen LogP contribution in [0.4, 0.5) is 0 Å². The Morgan fingerprint density at radius 1 is 1.44 bits per heavy atom. The molecule has 0 atom stereocenters. The summed E-state index contributed by atoms with van der Waals surface area (Å²) < 4.78 is 0. The van der Waals surface area contributed by atoms with Gasteiger partial charge in [-0.05, 0) is 19.4 Å². The van der Waals surface area contributed by atoms with Gasteiger partial charge in [0.15, 0.2) is 0 Å². The standard InChI is InChI=1S/C6H16N2O/c1-8(9-2)6-4-3-5-7/h3-7H2,1-2H3. The van der Waals surface area contributed by atoms with Gasteiger partial charge in [-0.15, -0.1) is 0 Å². The van der Waals surface area contributed by atoms with E-state index < -0.39 is 0 Å². The number of nitrogens with zero attached hydrogens (tertiary/aromatic N) is 1. The third-order valence-corrected chi connectivity index (χ3v) is 1.24. The van der Waals surface area contributed by atoms with Crippen molar-refractivity contribution in [3.05, 3.63) is 0 Å². The van der Waals surface area contributed by atoms with Crippen molar-refractivity contribution in [1.29, 1.82) is 0 Å². The van der Waals surface area contributed by atoms with Crippen LogP contribution in [0.5, 0.6) is 0 Å². The van der Waals surface area contributed by atoms with Crippen molar-refractivity contribution in [3.8, 4) is 0 Å². The molecule has 9 heavy (non-hydrogen) atoms. The van der Waals surface area contributed by atoms with Gasteiger partial charge in [-0.1, -0.05) is 0 Å². The van der Waals surface area contributed by atoms with Crippen LogP contribution in [0, 0.1) is 0 Å². The molecule has 0 aliphatic carbocycles. The molecule has 0 spiro atoms. The molecule has 2 N–H and O–H groups in total. The zero-order valence-electron chi connectivity index (χ0n) is 6.26. The van der Waals surface area contributed by atoms with Gasteiger partial charge < -0.3 is 10.6 Å². The Labute approximate surface area is 56.7 Å². The summed E-state index contributed by atoms with van der Waals surface area (Å²) in [4.78, 5) is 4.89. The molecule has 0 bridgehead atoms. The second kappa shape index (κ2) is 6.01. The van der Waals surface area contributed by atoms with Crippen molar-refractivity contribution >= 4 is 0 Å². The maximum Gasteiger partial charge on any atom is 0.0575 e. The molecule has 0 aromatic carbocycles. The van der Waals surface area contributed by atoms with Crippen molar-refractivity contribution in [3.63, 3.8) is 0 Å². The van der Waals surface area contributed by atoms with Crippen molar-refractivity contribution in [2.45, 2.75) is 12.8 Å². The molecule has 3 heteroatoms. The Kier molecular flexibility index (Phi) is 5.93. The third kappa shape index (κ3) is 5.76. The third-order valence-electron chi connectivity index (χ3n) is 1.24. The number of unbranched alkanes of at least 4 members (excludes halogenated alkanes) is 1. The fraction of sp³-hybridized carbons (Fsp3) is 1.00. The van der Waals surface area contributed by atoms with Crippen LogP contribution in [0.15, 0.2) is 0 Å². The van der Waals surface area contributed by atoms with Crippen LogP contribution >= 0.6 is 0 Å². The maximum atomic E-state index is 5.30. The van der Waals surface area contributed by atoms with E-state index in [1.54, 1.807) is 12.2 Å². The highest BCUT2D eigenvalue weighted by molar-refractivity contribution is 4.41. The lowest BCUT2D eigenvalue weighted by Gasteiger charge is -2.11. The van der Waals surface area contributed by atoms with Crippen molar-refractivity contribution in [1.82, 2.24) is 5.06 Å². The highest BCUT2D eigenvalue weighted by atomic mass is 16.7. The summed E-state index contributed by atoms with van der Waals surface area (Å²) in [6, 6.07) is 0. The van der Waals surface area contributed by atoms with Gasteiger partial charge in [-0.2, -0.15) is 5.06 Å². The molecule has 0 saturated carbocycles. The average Bonchev–Trinajstić information content (AvgIpc) is 1.89. The van der Waals surface area contributed by atoms with Gasteiger partial charge in [0, 0.05) is 13.6 Å². The summed E-state index contributed by atoms with van der Waals surface area (Å²) in [6.07, 6.45) is 2.19. The topological polar surface area (TPSA) is 38.5 Å². The van der Waals surface area contributed by atoms with Gasteiger partial charge in [0.1, 0.15) is 0 Å². The largest absolute Gasteiger partial charge is 0.330 e. The Morgan fingerprint density at radius 2 is 2.11 bits per heavy atom. The van der Waals surface area contributed by atoms with Gasteiger partial charge in [0.25, 0.3) is 0 Å². The van der Waals surface area contributed by atoms with Crippen molar-refractivity contribution < 1.29 is 4.84 Å². The van der Waals surface area contributed by atoms with Gasteiger partial charge in [0.05, 0.1) is 7.11 Å². The molecule has 0 unspecified atom stereocenters. The van der Waals surface area contributed by atoms with Gasteiger partial charge in [0.2, 0.25) is 0 Å². The molecule has 0 fully saturated rings. The molecule has 56 valence electrons. The SMILES string of the molecule is CON(C)CCCCN. The predicted molar refractivity (Wildman–Crippen MR) is 37.9 cm³/mol. The zero-order chi connectivity index (χ0) is 7.11. The second-order valence-electron chi connectivity index (χ2n) is 2.03. The molecule has 0 heterocycles. The first kappa shape index (κ1) is 8.88. The Bertz CT molecular complexity index is 59.0. The zero-order valence-corrected chi connectivity index (χ0v) is 6.26. The van der Waals surface area contributed by atoms with Crippen LogP contribution in [0.3, 0.4) is 0 Å². The smallest absolute Gasteiger partial charge is 0.0575 e. The lowest BCUT2D eigenvalue weighted by atomic mass is 10.3. The minimum absolute atomic E-state index is 0.775. The van der Waals surface area contributed by atoms with E-state index in [0.717, 1.165) is 25.9 Å². The number of hydrogen-bond donors (Lipinski definition) is 1. The molecular weight excluding hydrogens is 116 g/mol. The average molecular weight is 132 g/mol. The van der Waals surface area contributed by atoms with E-state index in [0.29, 0.717) is 0 Å². The van der Waals surface area contributed by atoms with E-state index in [2.05, 4.69) is 0 Å². The Morgan fingerprint density at radius 3 is 2.56 bits per heavy atom. The molecule has 0 rings (SSSR count). The summed E-state index contributed by atoms with van der Waals surface area (Å²) in [6.45, 7) is 1.74. The first-order chi connectivity index (χ1) is 4.31. The van der Waals surface area contributed by atoms with E-state index in [-0.39, 0.29) is 0 Å². The van der Waals surface area contributed by atoms with E-state index in [1.807, 2.05) is 7.05 Å². The summed E-state index contributed by atoms with van der Waals surface area (Å²) in [7, 11) is 3.58. The summed E-state index contributed by atoms with van der Waals surface area (Å²) in [5.41, 5.74) is 5.30. The molecular formula is C6H16N2O. The Balaban J connectivity index is 2.88. The van der Waals surface area contributed by atoms with E-state index in [4.69, 9.17) is 10.6 Å². The summed E-state index contributed by atoms with van der Waals surface area (Å²) >= 11 is 0. The van der Waals surface area contributed by atoms with Crippen molar-refractivity contribution in [2.24, 2.45) is 5.73 Å². The molecule has 0 aliphatic rings. The first-order valence-corrected chi connectivity index (χ1v) is 3.26.